The lowest BCUT2D eigenvalue weighted by molar-refractivity contribution is 0.1000. The molecule has 0 aliphatic heterocycles. The van der Waals surface area contributed by atoms with E-state index in [2.05, 4.69) is 19.2 Å². The minimum absolute atomic E-state index is 0.359. The fourth-order valence-electron chi connectivity index (χ4n) is 3.20. The van der Waals surface area contributed by atoms with Gasteiger partial charge in [0.05, 0.1) is 0 Å². The first kappa shape index (κ1) is 14.1. The minimum Gasteiger partial charge on any atom is -0.366 e. The van der Waals surface area contributed by atoms with Crippen LogP contribution in [0.2, 0.25) is 0 Å². The first-order valence-corrected chi connectivity index (χ1v) is 7.24. The molecule has 0 heterocycles. The topological polar surface area (TPSA) is 55.1 Å². The summed E-state index contributed by atoms with van der Waals surface area (Å²) < 4.78 is 0. The molecule has 1 aliphatic rings. The van der Waals surface area contributed by atoms with E-state index < -0.39 is 0 Å². The van der Waals surface area contributed by atoms with Gasteiger partial charge in [-0.3, -0.25) is 4.79 Å². The number of carbonyl (C=O) groups is 1. The van der Waals surface area contributed by atoms with Crippen LogP contribution in [-0.2, 0) is 6.54 Å². The zero-order valence-electron chi connectivity index (χ0n) is 11.9. The standard InChI is InChI=1S/C16H24N2O/c1-3-13-7-8-15(11(13)2)18-10-12-5-4-6-14(9-12)16(17)19/h4-6,9,11,13,15,18H,3,7-8,10H2,1-2H3,(H2,17,19). The van der Waals surface area contributed by atoms with E-state index in [9.17, 15) is 4.79 Å². The molecule has 0 aromatic heterocycles. The van der Waals surface area contributed by atoms with Crippen molar-refractivity contribution in [2.45, 2.75) is 45.7 Å². The average Bonchev–Trinajstić information content (AvgIpc) is 2.77. The second-order valence-corrected chi connectivity index (χ2v) is 5.66. The molecule has 1 aromatic carbocycles. The van der Waals surface area contributed by atoms with E-state index in [4.69, 9.17) is 5.73 Å². The Morgan fingerprint density at radius 1 is 1.42 bits per heavy atom. The van der Waals surface area contributed by atoms with Gasteiger partial charge in [0.25, 0.3) is 0 Å². The second-order valence-electron chi connectivity index (χ2n) is 5.66. The van der Waals surface area contributed by atoms with E-state index >= 15 is 0 Å². The third-order valence-electron chi connectivity index (χ3n) is 4.53. The average molecular weight is 260 g/mol. The Kier molecular flexibility index (Phi) is 4.59. The van der Waals surface area contributed by atoms with Gasteiger partial charge < -0.3 is 11.1 Å². The second kappa shape index (κ2) is 6.20. The van der Waals surface area contributed by atoms with Crippen LogP contribution in [0.5, 0.6) is 0 Å². The normalized spacial score (nSPS) is 26.5. The van der Waals surface area contributed by atoms with E-state index in [1.165, 1.54) is 19.3 Å². The molecule has 3 nitrogen and oxygen atoms in total. The zero-order valence-corrected chi connectivity index (χ0v) is 11.9. The molecule has 3 atom stereocenters. The molecule has 1 aliphatic carbocycles. The van der Waals surface area contributed by atoms with E-state index in [1.807, 2.05) is 18.2 Å². The zero-order chi connectivity index (χ0) is 13.8. The molecule has 1 saturated carbocycles. The molecule has 1 aromatic rings. The first-order chi connectivity index (χ1) is 9.11. The molecule has 2 rings (SSSR count). The van der Waals surface area contributed by atoms with Crippen molar-refractivity contribution in [1.82, 2.24) is 5.32 Å². The highest BCUT2D eigenvalue weighted by atomic mass is 16.1. The summed E-state index contributed by atoms with van der Waals surface area (Å²) >= 11 is 0. The van der Waals surface area contributed by atoms with Crippen LogP contribution in [0.1, 0.15) is 49.0 Å². The molecule has 0 saturated heterocycles. The van der Waals surface area contributed by atoms with Gasteiger partial charge in [-0.15, -0.1) is 0 Å². The molecule has 3 N–H and O–H groups in total. The summed E-state index contributed by atoms with van der Waals surface area (Å²) in [5, 5.41) is 3.63. The number of nitrogens with two attached hydrogens (primary N) is 1. The molecule has 1 amide bonds. The Morgan fingerprint density at radius 3 is 2.84 bits per heavy atom. The highest BCUT2D eigenvalue weighted by Crippen LogP contribution is 2.33. The lowest BCUT2D eigenvalue weighted by Crippen LogP contribution is -2.32. The molecule has 0 radical (unpaired) electrons. The molecule has 19 heavy (non-hydrogen) atoms. The van der Waals surface area contributed by atoms with Gasteiger partial charge in [-0.25, -0.2) is 0 Å². The Labute approximate surface area is 115 Å². The van der Waals surface area contributed by atoms with Gasteiger partial charge in [-0.1, -0.05) is 32.4 Å². The first-order valence-electron chi connectivity index (χ1n) is 7.24. The van der Waals surface area contributed by atoms with Crippen molar-refractivity contribution in [3.8, 4) is 0 Å². The van der Waals surface area contributed by atoms with Gasteiger partial charge in [0, 0.05) is 18.2 Å². The molecule has 1 fully saturated rings. The lowest BCUT2D eigenvalue weighted by Gasteiger charge is -2.21. The summed E-state index contributed by atoms with van der Waals surface area (Å²) in [6.45, 7) is 5.44. The van der Waals surface area contributed by atoms with Gasteiger partial charge in [-0.05, 0) is 42.4 Å². The summed E-state index contributed by atoms with van der Waals surface area (Å²) in [6, 6.07) is 8.17. The van der Waals surface area contributed by atoms with E-state index in [0.717, 1.165) is 23.9 Å². The van der Waals surface area contributed by atoms with Crippen LogP contribution in [-0.4, -0.2) is 11.9 Å². The lowest BCUT2D eigenvalue weighted by atomic mass is 9.93. The number of hydrogen-bond donors (Lipinski definition) is 2. The molecule has 104 valence electrons. The van der Waals surface area contributed by atoms with Gasteiger partial charge in [-0.2, -0.15) is 0 Å². The number of rotatable bonds is 5. The SMILES string of the molecule is CCC1CCC(NCc2cccc(C(N)=O)c2)C1C. The summed E-state index contributed by atoms with van der Waals surface area (Å²) in [4.78, 5) is 11.1. The predicted molar refractivity (Wildman–Crippen MR) is 77.8 cm³/mol. The van der Waals surface area contributed by atoms with Crippen LogP contribution in [0.15, 0.2) is 24.3 Å². The van der Waals surface area contributed by atoms with E-state index in [0.29, 0.717) is 11.6 Å². The molecule has 3 heteroatoms. The van der Waals surface area contributed by atoms with Gasteiger partial charge in [0.15, 0.2) is 0 Å². The number of primary amides is 1. The summed E-state index contributed by atoms with van der Waals surface area (Å²) in [6.07, 6.45) is 3.86. The number of nitrogens with one attached hydrogen (secondary N) is 1. The van der Waals surface area contributed by atoms with E-state index in [1.54, 1.807) is 6.07 Å². The van der Waals surface area contributed by atoms with Crippen molar-refractivity contribution in [2.24, 2.45) is 17.6 Å². The Hall–Kier alpha value is -1.35. The maximum Gasteiger partial charge on any atom is 0.248 e. The smallest absolute Gasteiger partial charge is 0.248 e. The van der Waals surface area contributed by atoms with Gasteiger partial charge in [0.1, 0.15) is 0 Å². The molecule has 0 spiro atoms. The molecule has 3 unspecified atom stereocenters. The van der Waals surface area contributed by atoms with Crippen molar-refractivity contribution < 1.29 is 4.79 Å². The largest absolute Gasteiger partial charge is 0.366 e. The van der Waals surface area contributed by atoms with Crippen LogP contribution >= 0.6 is 0 Å². The monoisotopic (exact) mass is 260 g/mol. The number of amides is 1. The van der Waals surface area contributed by atoms with Crippen LogP contribution in [0, 0.1) is 11.8 Å². The Bertz CT molecular complexity index is 444. The fourth-order valence-corrected chi connectivity index (χ4v) is 3.20. The number of benzene rings is 1. The maximum atomic E-state index is 11.1. The van der Waals surface area contributed by atoms with Crippen LogP contribution in [0.3, 0.4) is 0 Å². The van der Waals surface area contributed by atoms with E-state index in [-0.39, 0.29) is 5.91 Å². The summed E-state index contributed by atoms with van der Waals surface area (Å²) in [5.74, 6) is 1.24. The van der Waals surface area contributed by atoms with Crippen molar-refractivity contribution in [3.63, 3.8) is 0 Å². The maximum absolute atomic E-state index is 11.1. The van der Waals surface area contributed by atoms with Crippen molar-refractivity contribution >= 4 is 5.91 Å². The fraction of sp³-hybridized carbons (Fsp3) is 0.562. The highest BCUT2D eigenvalue weighted by Gasteiger charge is 2.30. The Balaban J connectivity index is 1.92. The van der Waals surface area contributed by atoms with Crippen LogP contribution in [0.4, 0.5) is 0 Å². The van der Waals surface area contributed by atoms with Crippen LogP contribution < -0.4 is 11.1 Å². The highest BCUT2D eigenvalue weighted by molar-refractivity contribution is 5.92. The third kappa shape index (κ3) is 3.35. The van der Waals surface area contributed by atoms with Crippen LogP contribution in [0.25, 0.3) is 0 Å². The van der Waals surface area contributed by atoms with Gasteiger partial charge >= 0.3 is 0 Å². The number of hydrogen-bond acceptors (Lipinski definition) is 2. The van der Waals surface area contributed by atoms with Crippen molar-refractivity contribution in [1.29, 1.82) is 0 Å². The minimum atomic E-state index is -0.359. The molecule has 0 bridgehead atoms. The van der Waals surface area contributed by atoms with Gasteiger partial charge in [0.2, 0.25) is 5.91 Å². The number of carbonyl (C=O) groups excluding carboxylic acids is 1. The summed E-state index contributed by atoms with van der Waals surface area (Å²) in [7, 11) is 0. The predicted octanol–water partition coefficient (Wildman–Crippen LogP) is 2.70. The molecular weight excluding hydrogens is 236 g/mol. The Morgan fingerprint density at radius 2 is 2.21 bits per heavy atom. The van der Waals surface area contributed by atoms with Crippen molar-refractivity contribution in [3.05, 3.63) is 35.4 Å². The van der Waals surface area contributed by atoms with Crippen molar-refractivity contribution in [2.75, 3.05) is 0 Å². The molecular formula is C16H24N2O. The summed E-state index contributed by atoms with van der Waals surface area (Å²) in [5.41, 5.74) is 7.02. The quantitative estimate of drug-likeness (QED) is 0.855. The third-order valence-corrected chi connectivity index (χ3v) is 4.53.